The molecule has 6 unspecified atom stereocenters. The van der Waals surface area contributed by atoms with Crippen LogP contribution in [0.15, 0.2) is 14.5 Å². The van der Waals surface area contributed by atoms with E-state index in [-0.39, 0.29) is 60.7 Å². The molecular formula is C43H64N6O19S4. The Morgan fingerprint density at radius 3 is 1.88 bits per heavy atom. The molecule has 0 radical (unpaired) electrons. The number of anilines is 1. The number of hydrogen-bond acceptors (Lipinski definition) is 25. The summed E-state index contributed by atoms with van der Waals surface area (Å²) in [5.74, 6) is -6.02. The first-order valence-electron chi connectivity index (χ1n) is 23.0. The molecule has 25 nitrogen and oxygen atoms in total. The first-order chi connectivity index (χ1) is 33.5. The average Bonchev–Trinajstić information content (AvgIpc) is 3.98. The second kappa shape index (κ2) is 25.7. The Balaban J connectivity index is 1.19. The van der Waals surface area contributed by atoms with Gasteiger partial charge in [0.05, 0.1) is 36.2 Å². The topological polar surface area (TPSA) is 332 Å². The lowest BCUT2D eigenvalue weighted by molar-refractivity contribution is -0.186. The van der Waals surface area contributed by atoms with E-state index in [1.54, 1.807) is 6.92 Å². The van der Waals surface area contributed by atoms with Crippen LogP contribution in [0.3, 0.4) is 0 Å². The number of primary sulfonamides is 1. The first-order valence-corrected chi connectivity index (χ1v) is 27.6. The summed E-state index contributed by atoms with van der Waals surface area (Å²) >= 11 is 1.48. The summed E-state index contributed by atoms with van der Waals surface area (Å²) < 4.78 is 101. The van der Waals surface area contributed by atoms with E-state index in [0.29, 0.717) is 49.3 Å². The molecule has 0 aromatic carbocycles. The van der Waals surface area contributed by atoms with Crippen LogP contribution in [0.5, 0.6) is 5.88 Å². The van der Waals surface area contributed by atoms with E-state index >= 15 is 0 Å². The number of esters is 6. The van der Waals surface area contributed by atoms with Crippen molar-refractivity contribution in [1.82, 2.24) is 19.0 Å². The van der Waals surface area contributed by atoms with Crippen LogP contribution in [0, 0.1) is 0 Å². The second-order valence-corrected chi connectivity index (χ2v) is 23.9. The molecule has 1 amide bonds. The standard InChI is InChI=1S/C43H64N6O19S4/c1-11-49(31-19-23(2)71(57,58)42-30(31)20-34(69-42)72(44,59)60)37(52)24(3)64-39(54)26(5)66-41(56)28(7)67-40(55)27(6)65-38(53)25(4)63-32(50)13-12-14-33(51)68-29(21-45-43(8,9)10)22-62-36-35(46-70-47-36)48-15-17-61-18-16-48/h20,23-29,31,45H,11-19,21-22H2,1-10H3,(H2,44,59,60)/t23-,24?,25?,26?,27?,28?,29?,31-/m1/s1. The number of nitrogens with one attached hydrogen (secondary N) is 1. The molecule has 0 bridgehead atoms. The maximum atomic E-state index is 13.6. The van der Waals surface area contributed by atoms with Crippen molar-refractivity contribution in [3.05, 3.63) is 11.6 Å². The van der Waals surface area contributed by atoms with Crippen molar-refractivity contribution in [3.63, 3.8) is 0 Å². The van der Waals surface area contributed by atoms with E-state index in [4.69, 9.17) is 43.0 Å². The molecule has 0 aliphatic carbocycles. The fraction of sp³-hybridized carbons (Fsp3) is 0.698. The smallest absolute Gasteiger partial charge is 0.347 e. The lowest BCUT2D eigenvalue weighted by atomic mass is 10.0. The van der Waals surface area contributed by atoms with Gasteiger partial charge in [0.1, 0.15) is 21.1 Å². The fourth-order valence-electron chi connectivity index (χ4n) is 6.93. The van der Waals surface area contributed by atoms with Gasteiger partial charge in [0.15, 0.2) is 40.4 Å². The summed E-state index contributed by atoms with van der Waals surface area (Å²) in [7, 11) is -8.22. The molecule has 2 aliphatic rings. The molecule has 4 heterocycles. The van der Waals surface area contributed by atoms with Crippen LogP contribution >= 0.6 is 23.1 Å². The van der Waals surface area contributed by atoms with Crippen LogP contribution in [-0.2, 0) is 86.6 Å². The van der Waals surface area contributed by atoms with Crippen LogP contribution in [0.2, 0.25) is 0 Å². The predicted molar refractivity (Wildman–Crippen MR) is 255 cm³/mol. The van der Waals surface area contributed by atoms with Gasteiger partial charge in [-0.05, 0) is 88.1 Å². The zero-order valence-corrected chi connectivity index (χ0v) is 45.0. The highest BCUT2D eigenvalue weighted by Crippen LogP contribution is 2.45. The van der Waals surface area contributed by atoms with Gasteiger partial charge in [-0.1, -0.05) is 0 Å². The van der Waals surface area contributed by atoms with Gasteiger partial charge in [0, 0.05) is 50.1 Å². The van der Waals surface area contributed by atoms with Crippen molar-refractivity contribution in [3.8, 4) is 5.88 Å². The van der Waals surface area contributed by atoms with Crippen LogP contribution in [0.4, 0.5) is 5.82 Å². The van der Waals surface area contributed by atoms with Crippen LogP contribution in [-0.4, -0.2) is 166 Å². The highest BCUT2D eigenvalue weighted by Gasteiger charge is 2.44. The molecule has 0 saturated carbocycles. The minimum absolute atomic E-state index is 0.00380. The minimum atomic E-state index is -4.28. The van der Waals surface area contributed by atoms with Gasteiger partial charge in [-0.25, -0.2) is 41.2 Å². The molecule has 2 aromatic heterocycles. The van der Waals surface area contributed by atoms with E-state index in [1.807, 2.05) is 25.7 Å². The Bertz CT molecular complexity index is 2490. The Morgan fingerprint density at radius 2 is 1.36 bits per heavy atom. The van der Waals surface area contributed by atoms with Crippen molar-refractivity contribution in [2.45, 2.75) is 157 Å². The van der Waals surface area contributed by atoms with Crippen molar-refractivity contribution in [2.24, 2.45) is 5.14 Å². The number of morpholine rings is 1. The molecule has 0 spiro atoms. The number of nitrogens with two attached hydrogens (primary N) is 1. The van der Waals surface area contributed by atoms with Crippen molar-refractivity contribution >= 4 is 90.5 Å². The number of ether oxygens (including phenoxy) is 8. The lowest BCUT2D eigenvalue weighted by Crippen LogP contribution is -2.46. The normalized spacial score (nSPS) is 19.2. The predicted octanol–water partition coefficient (Wildman–Crippen LogP) is 1.75. The number of carbonyl (C=O) groups is 7. The largest absolute Gasteiger partial charge is 0.470 e. The highest BCUT2D eigenvalue weighted by atomic mass is 32.3. The Hall–Kier alpha value is -5.07. The summed E-state index contributed by atoms with van der Waals surface area (Å²) in [5.41, 5.74) is -0.237. The summed E-state index contributed by atoms with van der Waals surface area (Å²) in [6.45, 7) is 17.3. The third-order valence-corrected chi connectivity index (χ3v) is 16.7. The summed E-state index contributed by atoms with van der Waals surface area (Å²) in [6, 6.07) is 0.203. The third kappa shape index (κ3) is 16.7. The number of nitrogens with zero attached hydrogens (tertiary/aromatic N) is 4. The Morgan fingerprint density at radius 1 is 0.847 bits per heavy atom. The molecule has 3 N–H and O–H groups in total. The van der Waals surface area contributed by atoms with Gasteiger partial charge in [-0.2, -0.15) is 4.37 Å². The molecule has 8 atom stereocenters. The monoisotopic (exact) mass is 1100 g/mol. The number of thiophene rings is 1. The van der Waals surface area contributed by atoms with Gasteiger partial charge in [0.25, 0.3) is 11.8 Å². The zero-order valence-electron chi connectivity index (χ0n) is 41.7. The lowest BCUT2D eigenvalue weighted by Gasteiger charge is -2.37. The first kappa shape index (κ1) is 59.5. The fourth-order valence-corrected chi connectivity index (χ4v) is 11.8. The summed E-state index contributed by atoms with van der Waals surface area (Å²) in [6.07, 6.45) is -9.09. The molecule has 2 aliphatic heterocycles. The second-order valence-electron chi connectivity index (χ2n) is 17.9. The van der Waals surface area contributed by atoms with E-state index in [2.05, 4.69) is 14.1 Å². The van der Waals surface area contributed by atoms with E-state index in [0.717, 1.165) is 38.6 Å². The van der Waals surface area contributed by atoms with E-state index in [9.17, 15) is 50.4 Å². The number of likely N-dealkylation sites (N-methyl/N-ethyl adjacent to an activating group) is 1. The molecule has 72 heavy (non-hydrogen) atoms. The molecule has 1 fully saturated rings. The number of fused-ring (bicyclic) bond motifs is 1. The number of amides is 1. The minimum Gasteiger partial charge on any atom is -0.470 e. The van der Waals surface area contributed by atoms with Crippen molar-refractivity contribution in [1.29, 1.82) is 0 Å². The molecule has 404 valence electrons. The number of carbonyl (C=O) groups excluding carboxylic acids is 7. The third-order valence-electron chi connectivity index (χ3n) is 10.9. The van der Waals surface area contributed by atoms with Gasteiger partial charge in [-0.15, -0.1) is 15.7 Å². The van der Waals surface area contributed by atoms with Gasteiger partial charge >= 0.3 is 35.8 Å². The SMILES string of the molecule is CCN(C(=O)C(C)OC(=O)C(C)OC(=O)C(C)OC(=O)C(C)OC(=O)C(C)OC(=O)CCCC(=O)OC(CNC(C)(C)C)COc1nsnc1N1CCOCC1)[C@@H]1C[C@@H](C)S(=O)(=O)c2sc(S(N)(=O)=O)cc21. The van der Waals surface area contributed by atoms with Crippen LogP contribution < -0.4 is 20.1 Å². The Labute approximate surface area is 426 Å². The number of rotatable bonds is 24. The van der Waals surface area contributed by atoms with Crippen molar-refractivity contribution < 1.29 is 88.3 Å². The van der Waals surface area contributed by atoms with E-state index in [1.165, 1.54) is 25.7 Å². The van der Waals surface area contributed by atoms with Crippen LogP contribution in [0.25, 0.3) is 0 Å². The number of sulfonamides is 1. The van der Waals surface area contributed by atoms with Gasteiger partial charge < -0.3 is 53.0 Å². The van der Waals surface area contributed by atoms with Gasteiger partial charge in [0.2, 0.25) is 15.8 Å². The maximum Gasteiger partial charge on any atom is 0.347 e. The quantitative estimate of drug-likeness (QED) is 0.112. The summed E-state index contributed by atoms with van der Waals surface area (Å²) in [4.78, 5) is 93.5. The number of sulfone groups is 1. The number of aromatic nitrogens is 2. The van der Waals surface area contributed by atoms with Crippen LogP contribution in [0.1, 0.15) is 107 Å². The van der Waals surface area contributed by atoms with Crippen molar-refractivity contribution in [2.75, 3.05) is 50.9 Å². The molecule has 2 aromatic rings. The summed E-state index contributed by atoms with van der Waals surface area (Å²) in [5, 5.41) is 7.55. The zero-order chi connectivity index (χ0) is 53.9. The van der Waals surface area contributed by atoms with Gasteiger partial charge in [-0.3, -0.25) is 14.4 Å². The molecule has 1 saturated heterocycles. The molecule has 4 rings (SSSR count). The number of hydrogen-bond donors (Lipinski definition) is 2. The van der Waals surface area contributed by atoms with E-state index < -0.39 is 114 Å². The molecule has 29 heteroatoms. The molecular weight excluding hydrogens is 1030 g/mol. The Kier molecular flexibility index (Phi) is 21.3. The highest BCUT2D eigenvalue weighted by molar-refractivity contribution is 7.95. The maximum absolute atomic E-state index is 13.6. The average molecular weight is 1100 g/mol.